The summed E-state index contributed by atoms with van der Waals surface area (Å²) in [5, 5.41) is 9.47. The number of aromatic hydroxyl groups is 1. The fourth-order valence-corrected chi connectivity index (χ4v) is 2.47. The Bertz CT molecular complexity index is 777. The number of aromatic nitrogens is 2. The molecule has 0 fully saturated rings. The minimum Gasteiger partial charge on any atom is -0.508 e. The van der Waals surface area contributed by atoms with Gasteiger partial charge in [0.25, 0.3) is 0 Å². The topological polar surface area (TPSA) is 58.1 Å². The smallest absolute Gasteiger partial charge is 0.138 e. The van der Waals surface area contributed by atoms with Gasteiger partial charge in [-0.3, -0.25) is 0 Å². The van der Waals surface area contributed by atoms with Crippen LogP contribution < -0.4 is 4.74 Å². The maximum Gasteiger partial charge on any atom is 0.138 e. The van der Waals surface area contributed by atoms with Crippen LogP contribution in [0.4, 0.5) is 0 Å². The maximum atomic E-state index is 9.47. The molecule has 4 heteroatoms. The molecule has 4 nitrogen and oxygen atoms in total. The number of benzene rings is 2. The van der Waals surface area contributed by atoms with Crippen LogP contribution in [0.25, 0.3) is 22.4 Å². The third kappa shape index (κ3) is 1.64. The Kier molecular flexibility index (Phi) is 2.06. The summed E-state index contributed by atoms with van der Waals surface area (Å²) in [6.07, 6.45) is 0.949. The molecule has 4 rings (SSSR count). The molecule has 0 saturated heterocycles. The number of H-pyrrole nitrogens is 1. The van der Waals surface area contributed by atoms with Crippen LogP contribution in [-0.2, 0) is 6.42 Å². The van der Waals surface area contributed by atoms with Crippen LogP contribution in [0.3, 0.4) is 0 Å². The minimum absolute atomic E-state index is 0.241. The summed E-state index contributed by atoms with van der Waals surface area (Å²) in [6.45, 7) is 0.757. The summed E-state index contributed by atoms with van der Waals surface area (Å²) in [5.74, 6) is 2.03. The summed E-state index contributed by atoms with van der Waals surface area (Å²) < 4.78 is 5.50. The lowest BCUT2D eigenvalue weighted by Gasteiger charge is -2.01. The number of hydrogen-bond acceptors (Lipinski definition) is 3. The molecule has 2 aromatic carbocycles. The first-order chi connectivity index (χ1) is 9.29. The molecular formula is C15H12N2O2. The lowest BCUT2D eigenvalue weighted by Crippen LogP contribution is -1.85. The van der Waals surface area contributed by atoms with Crippen molar-refractivity contribution in [3.63, 3.8) is 0 Å². The van der Waals surface area contributed by atoms with E-state index >= 15 is 0 Å². The number of phenolic OH excluding ortho intramolecular Hbond substituents is 1. The Labute approximate surface area is 109 Å². The van der Waals surface area contributed by atoms with Gasteiger partial charge in [-0.05, 0) is 35.9 Å². The second-order valence-corrected chi connectivity index (χ2v) is 4.71. The molecule has 0 amide bonds. The summed E-state index contributed by atoms with van der Waals surface area (Å²) in [5.41, 5.74) is 3.96. The van der Waals surface area contributed by atoms with E-state index in [0.29, 0.717) is 0 Å². The number of imidazole rings is 1. The van der Waals surface area contributed by atoms with Crippen LogP contribution in [0.2, 0.25) is 0 Å². The molecule has 1 aliphatic rings. The van der Waals surface area contributed by atoms with E-state index in [4.69, 9.17) is 4.74 Å². The molecule has 0 bridgehead atoms. The molecule has 94 valence electrons. The summed E-state index contributed by atoms with van der Waals surface area (Å²) >= 11 is 0. The highest BCUT2D eigenvalue weighted by atomic mass is 16.5. The molecule has 2 N–H and O–H groups in total. The van der Waals surface area contributed by atoms with Crippen molar-refractivity contribution in [2.45, 2.75) is 6.42 Å². The molecule has 0 unspecified atom stereocenters. The quantitative estimate of drug-likeness (QED) is 0.700. The van der Waals surface area contributed by atoms with Crippen LogP contribution in [0, 0.1) is 0 Å². The van der Waals surface area contributed by atoms with E-state index in [1.54, 1.807) is 18.2 Å². The number of ether oxygens (including phenoxy) is 1. The van der Waals surface area contributed by atoms with Gasteiger partial charge in [-0.25, -0.2) is 4.98 Å². The number of nitrogens with zero attached hydrogens (tertiary/aromatic N) is 1. The van der Waals surface area contributed by atoms with Crippen molar-refractivity contribution in [3.8, 4) is 22.9 Å². The first-order valence-corrected chi connectivity index (χ1v) is 6.24. The molecule has 1 aliphatic heterocycles. The Hall–Kier alpha value is -2.49. The van der Waals surface area contributed by atoms with Gasteiger partial charge in [0, 0.05) is 18.1 Å². The predicted octanol–water partition coefficient (Wildman–Crippen LogP) is 2.87. The minimum atomic E-state index is 0.241. The zero-order valence-electron chi connectivity index (χ0n) is 10.2. The van der Waals surface area contributed by atoms with Crippen LogP contribution in [0.15, 0.2) is 36.4 Å². The first-order valence-electron chi connectivity index (χ1n) is 6.24. The molecule has 1 aromatic heterocycles. The fourth-order valence-electron chi connectivity index (χ4n) is 2.47. The van der Waals surface area contributed by atoms with E-state index < -0.39 is 0 Å². The standard InChI is InChI=1S/C15H12N2O2/c18-11-2-3-12-13(8-11)17-15(16-12)10-1-4-14-9(7-10)5-6-19-14/h1-4,7-8,18H,5-6H2,(H,16,17). The molecular weight excluding hydrogens is 240 g/mol. The lowest BCUT2D eigenvalue weighted by molar-refractivity contribution is 0.357. The number of aromatic amines is 1. The van der Waals surface area contributed by atoms with E-state index in [-0.39, 0.29) is 5.75 Å². The molecule has 3 aromatic rings. The second kappa shape index (κ2) is 3.75. The largest absolute Gasteiger partial charge is 0.508 e. The third-order valence-corrected chi connectivity index (χ3v) is 3.43. The number of hydrogen-bond donors (Lipinski definition) is 2. The van der Waals surface area contributed by atoms with Gasteiger partial charge < -0.3 is 14.8 Å². The zero-order chi connectivity index (χ0) is 12.8. The summed E-state index contributed by atoms with van der Waals surface area (Å²) in [7, 11) is 0. The molecule has 0 aliphatic carbocycles. The van der Waals surface area contributed by atoms with Gasteiger partial charge in [-0.15, -0.1) is 0 Å². The van der Waals surface area contributed by atoms with E-state index in [1.807, 2.05) is 12.1 Å². The first kappa shape index (κ1) is 10.4. The van der Waals surface area contributed by atoms with Crippen molar-refractivity contribution >= 4 is 11.0 Å². The normalized spacial score (nSPS) is 13.5. The Morgan fingerprint density at radius 3 is 3.05 bits per heavy atom. The van der Waals surface area contributed by atoms with Crippen molar-refractivity contribution in [1.82, 2.24) is 9.97 Å². The van der Waals surface area contributed by atoms with Crippen molar-refractivity contribution in [1.29, 1.82) is 0 Å². The number of phenols is 1. The van der Waals surface area contributed by atoms with Gasteiger partial charge >= 0.3 is 0 Å². The maximum absolute atomic E-state index is 9.47. The van der Waals surface area contributed by atoms with Crippen LogP contribution >= 0.6 is 0 Å². The van der Waals surface area contributed by atoms with Gasteiger partial charge in [0.1, 0.15) is 17.3 Å². The Morgan fingerprint density at radius 2 is 2.11 bits per heavy atom. The Balaban J connectivity index is 1.85. The van der Waals surface area contributed by atoms with Crippen LogP contribution in [0.1, 0.15) is 5.56 Å². The van der Waals surface area contributed by atoms with Crippen LogP contribution in [-0.4, -0.2) is 21.7 Å². The van der Waals surface area contributed by atoms with Crippen LogP contribution in [0.5, 0.6) is 11.5 Å². The highest BCUT2D eigenvalue weighted by Crippen LogP contribution is 2.30. The van der Waals surface area contributed by atoms with Gasteiger partial charge in [-0.2, -0.15) is 0 Å². The number of rotatable bonds is 1. The highest BCUT2D eigenvalue weighted by molar-refractivity contribution is 5.80. The van der Waals surface area contributed by atoms with Crippen molar-refractivity contribution in [3.05, 3.63) is 42.0 Å². The summed E-state index contributed by atoms with van der Waals surface area (Å²) in [4.78, 5) is 7.77. The molecule has 0 radical (unpaired) electrons. The number of fused-ring (bicyclic) bond motifs is 2. The molecule has 0 spiro atoms. The van der Waals surface area contributed by atoms with Gasteiger partial charge in [0.05, 0.1) is 17.6 Å². The molecule has 2 heterocycles. The summed E-state index contributed by atoms with van der Waals surface area (Å²) in [6, 6.07) is 11.2. The van der Waals surface area contributed by atoms with E-state index in [2.05, 4.69) is 16.0 Å². The van der Waals surface area contributed by atoms with E-state index in [1.165, 1.54) is 5.56 Å². The van der Waals surface area contributed by atoms with Gasteiger partial charge in [0.2, 0.25) is 0 Å². The molecule has 0 atom stereocenters. The van der Waals surface area contributed by atoms with E-state index in [0.717, 1.165) is 41.2 Å². The Morgan fingerprint density at radius 1 is 1.16 bits per heavy atom. The lowest BCUT2D eigenvalue weighted by atomic mass is 10.1. The molecule has 0 saturated carbocycles. The zero-order valence-corrected chi connectivity index (χ0v) is 10.2. The third-order valence-electron chi connectivity index (χ3n) is 3.43. The SMILES string of the molecule is Oc1ccc2nc(-c3ccc4c(c3)CCO4)[nH]c2c1. The van der Waals surface area contributed by atoms with Crippen molar-refractivity contribution in [2.24, 2.45) is 0 Å². The van der Waals surface area contributed by atoms with Crippen molar-refractivity contribution in [2.75, 3.05) is 6.61 Å². The average Bonchev–Trinajstić information content (AvgIpc) is 3.02. The van der Waals surface area contributed by atoms with Crippen molar-refractivity contribution < 1.29 is 9.84 Å². The van der Waals surface area contributed by atoms with Gasteiger partial charge in [0.15, 0.2) is 0 Å². The van der Waals surface area contributed by atoms with E-state index in [9.17, 15) is 5.11 Å². The molecule has 19 heavy (non-hydrogen) atoms. The number of nitrogens with one attached hydrogen (secondary N) is 1. The predicted molar refractivity (Wildman–Crippen MR) is 72.4 cm³/mol. The average molecular weight is 252 g/mol. The second-order valence-electron chi connectivity index (χ2n) is 4.71. The highest BCUT2D eigenvalue weighted by Gasteiger charge is 2.14. The monoisotopic (exact) mass is 252 g/mol. The van der Waals surface area contributed by atoms with Gasteiger partial charge in [-0.1, -0.05) is 0 Å². The fraction of sp³-hybridized carbons (Fsp3) is 0.133.